The van der Waals surface area contributed by atoms with E-state index in [0.29, 0.717) is 12.8 Å². The number of carbonyl (C=O) groups excluding carboxylic acids is 1. The molecule has 0 aliphatic carbocycles. The van der Waals surface area contributed by atoms with Gasteiger partial charge in [0.1, 0.15) is 48.8 Å². The fourth-order valence-electron chi connectivity index (χ4n) is 12.2. The second kappa shape index (κ2) is 58.1. The molecule has 2 heterocycles. The van der Waals surface area contributed by atoms with Gasteiger partial charge in [0, 0.05) is 6.42 Å². The van der Waals surface area contributed by atoms with Crippen molar-refractivity contribution in [1.82, 2.24) is 5.32 Å². The van der Waals surface area contributed by atoms with Crippen LogP contribution in [0.5, 0.6) is 0 Å². The Morgan fingerprint density at radius 3 is 1.13 bits per heavy atom. The molecule has 9 N–H and O–H groups in total. The smallest absolute Gasteiger partial charge is 0.220 e. The van der Waals surface area contributed by atoms with Crippen LogP contribution in [0, 0.1) is 0 Å². The Kier molecular flexibility index (Phi) is 54.3. The first-order chi connectivity index (χ1) is 42.6. The molecule has 2 saturated heterocycles. The van der Waals surface area contributed by atoms with Gasteiger partial charge in [-0.15, -0.1) is 0 Å². The highest BCUT2D eigenvalue weighted by molar-refractivity contribution is 5.76. The molecule has 0 aromatic carbocycles. The third kappa shape index (κ3) is 42.1. The maximum atomic E-state index is 13.3. The summed E-state index contributed by atoms with van der Waals surface area (Å²) in [5.41, 5.74) is 0. The minimum atomic E-state index is -1.79. The lowest BCUT2D eigenvalue weighted by molar-refractivity contribution is -0.359. The van der Waals surface area contributed by atoms with Gasteiger partial charge in [0.05, 0.1) is 32.0 Å². The number of hydrogen-bond donors (Lipinski definition) is 9. The fraction of sp³-hybridized carbons (Fsp3) is 0.904. The lowest BCUT2D eigenvalue weighted by Gasteiger charge is -2.46. The molecular weight excluding hydrogens is 1100 g/mol. The van der Waals surface area contributed by atoms with Crippen molar-refractivity contribution in [2.45, 2.75) is 402 Å². The van der Waals surface area contributed by atoms with Crippen LogP contribution >= 0.6 is 0 Å². The Balaban J connectivity index is 1.68. The van der Waals surface area contributed by atoms with Crippen LogP contribution in [0.3, 0.4) is 0 Å². The van der Waals surface area contributed by atoms with Crippen LogP contribution < -0.4 is 5.32 Å². The van der Waals surface area contributed by atoms with Crippen LogP contribution in [0.1, 0.15) is 328 Å². The van der Waals surface area contributed by atoms with Crippen LogP contribution in [0.4, 0.5) is 0 Å². The molecule has 2 aliphatic rings. The lowest BCUT2D eigenvalue weighted by atomic mass is 9.97. The summed E-state index contributed by atoms with van der Waals surface area (Å²) in [5, 5.41) is 87.4. The number of amides is 1. The summed E-state index contributed by atoms with van der Waals surface area (Å²) in [5.74, 6) is -0.247. The zero-order valence-corrected chi connectivity index (χ0v) is 55.8. The first-order valence-electron chi connectivity index (χ1n) is 36.7. The maximum Gasteiger partial charge on any atom is 0.220 e. The van der Waals surface area contributed by atoms with Crippen molar-refractivity contribution in [1.29, 1.82) is 0 Å². The van der Waals surface area contributed by atoms with Crippen molar-refractivity contribution in [3.05, 3.63) is 36.5 Å². The van der Waals surface area contributed by atoms with Gasteiger partial charge in [-0.3, -0.25) is 4.79 Å². The lowest BCUT2D eigenvalue weighted by Crippen LogP contribution is -2.65. The molecule has 0 aromatic rings. The standard InChI is InChI=1S/C73H137NO13/c1-3-5-7-9-11-13-15-17-19-21-23-25-27-28-29-30-31-32-33-34-35-36-38-40-42-44-46-48-50-52-54-56-62(77)61(60-84-72-70(83)68(81)71(64(59-76)86-72)87-73-69(82)67(80)66(79)63(58-75)85-73)74-65(78)57-55-53-51-49-47-45-43-41-39-37-26-24-22-20-18-16-14-12-10-8-6-4-2/h38,40,46,48,54,56,61-64,66-73,75-77,79-83H,3-37,39,41-45,47,49-53,55,57-60H2,1-2H3,(H,74,78)/b40-38+,48-46+,56-54+. The second-order valence-corrected chi connectivity index (χ2v) is 26.1. The van der Waals surface area contributed by atoms with Crippen LogP contribution in [0.25, 0.3) is 0 Å². The molecule has 0 spiro atoms. The molecule has 12 unspecified atom stereocenters. The Hall–Kier alpha value is -1.79. The van der Waals surface area contributed by atoms with Crippen LogP contribution in [0.2, 0.25) is 0 Å². The van der Waals surface area contributed by atoms with Crippen molar-refractivity contribution in [3.8, 4) is 0 Å². The van der Waals surface area contributed by atoms with Crippen molar-refractivity contribution in [2.24, 2.45) is 0 Å². The summed E-state index contributed by atoms with van der Waals surface area (Å²) in [6.07, 6.45) is 57.9. The molecule has 0 bridgehead atoms. The summed E-state index contributed by atoms with van der Waals surface area (Å²) >= 11 is 0. The molecule has 14 heteroatoms. The third-order valence-electron chi connectivity index (χ3n) is 18.1. The highest BCUT2D eigenvalue weighted by Crippen LogP contribution is 2.30. The minimum Gasteiger partial charge on any atom is -0.394 e. The topological polar surface area (TPSA) is 228 Å². The van der Waals surface area contributed by atoms with Gasteiger partial charge >= 0.3 is 0 Å². The minimum absolute atomic E-state index is 0.247. The number of carbonyl (C=O) groups is 1. The average molecular weight is 1240 g/mol. The van der Waals surface area contributed by atoms with Gasteiger partial charge in [0.15, 0.2) is 12.6 Å². The molecule has 512 valence electrons. The highest BCUT2D eigenvalue weighted by Gasteiger charge is 2.51. The van der Waals surface area contributed by atoms with Gasteiger partial charge in [-0.05, 0) is 44.9 Å². The molecule has 0 saturated carbocycles. The van der Waals surface area contributed by atoms with E-state index >= 15 is 0 Å². The zero-order chi connectivity index (χ0) is 63.1. The van der Waals surface area contributed by atoms with E-state index in [2.05, 4.69) is 43.5 Å². The Morgan fingerprint density at radius 1 is 0.402 bits per heavy atom. The number of allylic oxidation sites excluding steroid dienone is 5. The van der Waals surface area contributed by atoms with Crippen molar-refractivity contribution in [2.75, 3.05) is 19.8 Å². The summed E-state index contributed by atoms with van der Waals surface area (Å²) in [4.78, 5) is 13.3. The predicted octanol–water partition coefficient (Wildman–Crippen LogP) is 15.3. The molecule has 87 heavy (non-hydrogen) atoms. The monoisotopic (exact) mass is 1240 g/mol. The van der Waals surface area contributed by atoms with Crippen LogP contribution in [-0.2, 0) is 23.7 Å². The Bertz CT molecular complexity index is 1600. The van der Waals surface area contributed by atoms with Gasteiger partial charge < -0.3 is 65.1 Å². The zero-order valence-electron chi connectivity index (χ0n) is 55.8. The molecule has 12 atom stereocenters. The van der Waals surface area contributed by atoms with E-state index in [1.807, 2.05) is 6.08 Å². The van der Waals surface area contributed by atoms with E-state index in [4.69, 9.17) is 18.9 Å². The number of ether oxygens (including phenoxy) is 4. The van der Waals surface area contributed by atoms with E-state index in [1.165, 1.54) is 250 Å². The highest BCUT2D eigenvalue weighted by atomic mass is 16.7. The molecule has 0 radical (unpaired) electrons. The largest absolute Gasteiger partial charge is 0.394 e. The normalized spacial score (nSPS) is 23.4. The predicted molar refractivity (Wildman–Crippen MR) is 355 cm³/mol. The Labute approximate surface area is 531 Å². The van der Waals surface area contributed by atoms with E-state index in [-0.39, 0.29) is 18.9 Å². The quantitative estimate of drug-likeness (QED) is 0.0204. The van der Waals surface area contributed by atoms with Gasteiger partial charge in [-0.25, -0.2) is 0 Å². The summed E-state index contributed by atoms with van der Waals surface area (Å²) in [6.45, 7) is 2.83. The van der Waals surface area contributed by atoms with Crippen molar-refractivity contribution >= 4 is 5.91 Å². The number of aliphatic hydroxyl groups is 8. The van der Waals surface area contributed by atoms with Gasteiger partial charge in [-0.1, -0.05) is 314 Å². The first-order valence-corrected chi connectivity index (χ1v) is 36.7. The second-order valence-electron chi connectivity index (χ2n) is 26.1. The van der Waals surface area contributed by atoms with E-state index in [0.717, 1.165) is 44.9 Å². The molecule has 1 amide bonds. The average Bonchev–Trinajstić information content (AvgIpc) is 2.33. The van der Waals surface area contributed by atoms with Crippen LogP contribution in [0.15, 0.2) is 36.5 Å². The number of aliphatic hydroxyl groups excluding tert-OH is 8. The number of unbranched alkanes of at least 4 members (excludes halogenated alkanes) is 44. The van der Waals surface area contributed by atoms with Crippen molar-refractivity contribution < 1.29 is 64.6 Å². The van der Waals surface area contributed by atoms with Crippen LogP contribution in [-0.4, -0.2) is 140 Å². The molecule has 2 aliphatic heterocycles. The Morgan fingerprint density at radius 2 is 0.736 bits per heavy atom. The molecule has 0 aromatic heterocycles. The SMILES string of the molecule is CCCCCCCCCCCCCCCCCCCCCCC/C=C/CC/C=C/CC/C=C/C(O)C(COC1OC(CO)C(OC2OC(CO)C(O)C(O)C2O)C(O)C1O)NC(=O)CCCCCCCCCCCCCCCCCCCCCCCC. The fourth-order valence-corrected chi connectivity index (χ4v) is 12.2. The molecule has 14 nitrogen and oxygen atoms in total. The molecular formula is C73H137NO13. The first kappa shape index (κ1) is 81.3. The molecule has 2 fully saturated rings. The maximum absolute atomic E-state index is 13.3. The number of hydrogen-bond acceptors (Lipinski definition) is 13. The van der Waals surface area contributed by atoms with E-state index in [1.54, 1.807) is 6.08 Å². The van der Waals surface area contributed by atoms with Gasteiger partial charge in [0.2, 0.25) is 5.91 Å². The van der Waals surface area contributed by atoms with Crippen molar-refractivity contribution in [3.63, 3.8) is 0 Å². The number of nitrogens with one attached hydrogen (secondary N) is 1. The van der Waals surface area contributed by atoms with E-state index in [9.17, 15) is 45.6 Å². The van der Waals surface area contributed by atoms with E-state index < -0.39 is 86.8 Å². The third-order valence-corrected chi connectivity index (χ3v) is 18.1. The summed E-state index contributed by atoms with van der Waals surface area (Å²) in [6, 6.07) is -0.937. The molecule has 2 rings (SSSR count). The number of rotatable bonds is 61. The van der Waals surface area contributed by atoms with Gasteiger partial charge in [-0.2, -0.15) is 0 Å². The summed E-state index contributed by atoms with van der Waals surface area (Å²) in [7, 11) is 0. The van der Waals surface area contributed by atoms with Gasteiger partial charge in [0.25, 0.3) is 0 Å². The summed E-state index contributed by atoms with van der Waals surface area (Å²) < 4.78 is 22.9.